The van der Waals surface area contributed by atoms with Gasteiger partial charge < -0.3 is 4.74 Å². The van der Waals surface area contributed by atoms with Gasteiger partial charge in [0.25, 0.3) is 0 Å². The zero-order valence-electron chi connectivity index (χ0n) is 11.9. The van der Waals surface area contributed by atoms with Crippen LogP contribution in [0.25, 0.3) is 0 Å². The fourth-order valence-corrected chi connectivity index (χ4v) is 3.97. The summed E-state index contributed by atoms with van der Waals surface area (Å²) >= 11 is 6.67. The predicted molar refractivity (Wildman–Crippen MR) is 85.9 cm³/mol. The average Bonchev–Trinajstić information content (AvgIpc) is 3.14. The van der Waals surface area contributed by atoms with Gasteiger partial charge in [0.05, 0.1) is 5.38 Å². The number of benzene rings is 2. The molecule has 0 saturated heterocycles. The minimum absolute atomic E-state index is 0.156. The molecule has 2 aromatic carbocycles. The van der Waals surface area contributed by atoms with E-state index in [2.05, 4.69) is 12.1 Å². The molecule has 2 fully saturated rings. The van der Waals surface area contributed by atoms with E-state index in [9.17, 15) is 0 Å². The first-order valence-electron chi connectivity index (χ1n) is 7.76. The third kappa shape index (κ3) is 2.80. The van der Waals surface area contributed by atoms with Crippen LogP contribution in [0.2, 0.25) is 0 Å². The molecule has 2 aliphatic carbocycles. The van der Waals surface area contributed by atoms with Crippen molar-refractivity contribution in [1.29, 1.82) is 0 Å². The highest BCUT2D eigenvalue weighted by Gasteiger charge is 2.47. The normalized spacial score (nSPS) is 28.0. The summed E-state index contributed by atoms with van der Waals surface area (Å²) in [7, 11) is 0. The van der Waals surface area contributed by atoms with Crippen molar-refractivity contribution in [1.82, 2.24) is 0 Å². The molecule has 0 N–H and O–H groups in total. The Bertz CT molecular complexity index is 597. The number of rotatable bonds is 4. The molecule has 3 atom stereocenters. The molecule has 0 bridgehead atoms. The van der Waals surface area contributed by atoms with Gasteiger partial charge in [0, 0.05) is 0 Å². The van der Waals surface area contributed by atoms with Crippen LogP contribution >= 0.6 is 11.6 Å². The summed E-state index contributed by atoms with van der Waals surface area (Å²) in [5.41, 5.74) is 1.23. The van der Waals surface area contributed by atoms with Crippen LogP contribution in [-0.2, 0) is 0 Å². The van der Waals surface area contributed by atoms with Crippen molar-refractivity contribution in [2.24, 2.45) is 17.8 Å². The number of hydrogen-bond donors (Lipinski definition) is 0. The van der Waals surface area contributed by atoms with Crippen LogP contribution in [0, 0.1) is 17.8 Å². The SMILES string of the molecule is ClC(c1ccc(Oc2ccccc2)cc1)C1CC2CC2C1. The summed E-state index contributed by atoms with van der Waals surface area (Å²) in [6.07, 6.45) is 4.09. The topological polar surface area (TPSA) is 9.23 Å². The minimum atomic E-state index is 0.156. The van der Waals surface area contributed by atoms with Crippen molar-refractivity contribution in [3.05, 3.63) is 60.2 Å². The molecule has 21 heavy (non-hydrogen) atoms. The molecule has 2 heteroatoms. The smallest absolute Gasteiger partial charge is 0.127 e. The van der Waals surface area contributed by atoms with E-state index in [0.717, 1.165) is 23.3 Å². The number of ether oxygens (including phenoxy) is 1. The molecule has 0 aromatic heterocycles. The summed E-state index contributed by atoms with van der Waals surface area (Å²) in [6, 6.07) is 18.1. The molecule has 108 valence electrons. The summed E-state index contributed by atoms with van der Waals surface area (Å²) < 4.78 is 5.82. The first-order chi connectivity index (χ1) is 10.3. The monoisotopic (exact) mass is 298 g/mol. The molecule has 2 saturated carbocycles. The number of alkyl halides is 1. The van der Waals surface area contributed by atoms with E-state index >= 15 is 0 Å². The van der Waals surface area contributed by atoms with Gasteiger partial charge in [0.2, 0.25) is 0 Å². The Morgan fingerprint density at radius 1 is 0.810 bits per heavy atom. The second kappa shape index (κ2) is 5.38. The van der Waals surface area contributed by atoms with Gasteiger partial charge in [-0.2, -0.15) is 0 Å². The number of halogens is 1. The van der Waals surface area contributed by atoms with Gasteiger partial charge in [-0.3, -0.25) is 0 Å². The molecule has 4 rings (SSSR count). The quantitative estimate of drug-likeness (QED) is 0.648. The highest BCUT2D eigenvalue weighted by molar-refractivity contribution is 6.21. The van der Waals surface area contributed by atoms with E-state index in [1.54, 1.807) is 0 Å². The number of para-hydroxylation sites is 1. The molecular weight excluding hydrogens is 280 g/mol. The van der Waals surface area contributed by atoms with Crippen LogP contribution in [0.15, 0.2) is 54.6 Å². The molecule has 0 heterocycles. The molecule has 0 aliphatic heterocycles. The highest BCUT2D eigenvalue weighted by atomic mass is 35.5. The fourth-order valence-electron chi connectivity index (χ4n) is 3.62. The van der Waals surface area contributed by atoms with Crippen LogP contribution in [0.3, 0.4) is 0 Å². The zero-order valence-corrected chi connectivity index (χ0v) is 12.7. The van der Waals surface area contributed by atoms with Crippen molar-refractivity contribution in [2.75, 3.05) is 0 Å². The maximum Gasteiger partial charge on any atom is 0.127 e. The molecule has 0 amide bonds. The van der Waals surface area contributed by atoms with Crippen molar-refractivity contribution in [3.63, 3.8) is 0 Å². The Kier molecular flexibility index (Phi) is 3.39. The third-order valence-corrected chi connectivity index (χ3v) is 5.48. The van der Waals surface area contributed by atoms with Crippen LogP contribution in [0.4, 0.5) is 0 Å². The van der Waals surface area contributed by atoms with Crippen molar-refractivity contribution in [2.45, 2.75) is 24.6 Å². The molecule has 0 spiro atoms. The maximum absolute atomic E-state index is 6.67. The Labute approximate surface area is 130 Å². The van der Waals surface area contributed by atoms with Gasteiger partial charge in [0.15, 0.2) is 0 Å². The van der Waals surface area contributed by atoms with Gasteiger partial charge in [0.1, 0.15) is 11.5 Å². The molecular formula is C19H19ClO. The van der Waals surface area contributed by atoms with Gasteiger partial charge in [-0.15, -0.1) is 11.6 Å². The zero-order chi connectivity index (χ0) is 14.2. The standard InChI is InChI=1S/C19H19ClO/c20-19(16-11-14-10-15(14)12-16)13-6-8-18(9-7-13)21-17-4-2-1-3-5-17/h1-9,14-16,19H,10-12H2. The number of fused-ring (bicyclic) bond motifs is 1. The van der Waals surface area contributed by atoms with Gasteiger partial charge in [-0.1, -0.05) is 30.3 Å². The molecule has 2 aliphatic rings. The first kappa shape index (κ1) is 13.2. The van der Waals surface area contributed by atoms with Crippen molar-refractivity contribution >= 4 is 11.6 Å². The average molecular weight is 299 g/mol. The predicted octanol–water partition coefficient (Wildman–Crippen LogP) is 5.80. The van der Waals surface area contributed by atoms with E-state index in [1.165, 1.54) is 24.8 Å². The lowest BCUT2D eigenvalue weighted by Gasteiger charge is -2.19. The lowest BCUT2D eigenvalue weighted by atomic mass is 9.94. The van der Waals surface area contributed by atoms with E-state index < -0.39 is 0 Å². The van der Waals surface area contributed by atoms with Crippen molar-refractivity contribution < 1.29 is 4.74 Å². The second-order valence-electron chi connectivity index (χ2n) is 6.37. The largest absolute Gasteiger partial charge is 0.457 e. The highest BCUT2D eigenvalue weighted by Crippen LogP contribution is 2.58. The Morgan fingerprint density at radius 2 is 1.43 bits per heavy atom. The summed E-state index contributed by atoms with van der Waals surface area (Å²) in [5, 5.41) is 0.156. The Morgan fingerprint density at radius 3 is 2.10 bits per heavy atom. The minimum Gasteiger partial charge on any atom is -0.457 e. The van der Waals surface area contributed by atoms with Crippen LogP contribution < -0.4 is 4.74 Å². The van der Waals surface area contributed by atoms with E-state index in [-0.39, 0.29) is 5.38 Å². The lowest BCUT2D eigenvalue weighted by Crippen LogP contribution is -2.05. The second-order valence-corrected chi connectivity index (χ2v) is 6.84. The Balaban J connectivity index is 1.43. The van der Waals surface area contributed by atoms with Gasteiger partial charge in [-0.05, 0) is 66.8 Å². The van der Waals surface area contributed by atoms with Crippen LogP contribution in [0.5, 0.6) is 11.5 Å². The maximum atomic E-state index is 6.67. The summed E-state index contributed by atoms with van der Waals surface area (Å²) in [6.45, 7) is 0. The number of hydrogen-bond acceptors (Lipinski definition) is 1. The van der Waals surface area contributed by atoms with Crippen LogP contribution in [0.1, 0.15) is 30.2 Å². The summed E-state index contributed by atoms with van der Waals surface area (Å²) in [4.78, 5) is 0. The van der Waals surface area contributed by atoms with Gasteiger partial charge >= 0.3 is 0 Å². The molecule has 3 unspecified atom stereocenters. The van der Waals surface area contributed by atoms with E-state index in [1.807, 2.05) is 42.5 Å². The Hall–Kier alpha value is -1.47. The lowest BCUT2D eigenvalue weighted by molar-refractivity contribution is 0.468. The van der Waals surface area contributed by atoms with Gasteiger partial charge in [-0.25, -0.2) is 0 Å². The fraction of sp³-hybridized carbons (Fsp3) is 0.368. The molecule has 0 radical (unpaired) electrons. The third-order valence-electron chi connectivity index (χ3n) is 4.87. The van der Waals surface area contributed by atoms with Crippen LogP contribution in [-0.4, -0.2) is 0 Å². The van der Waals surface area contributed by atoms with E-state index in [0.29, 0.717) is 5.92 Å². The molecule has 2 aromatic rings. The summed E-state index contributed by atoms with van der Waals surface area (Å²) in [5.74, 6) is 4.36. The molecule has 1 nitrogen and oxygen atoms in total. The first-order valence-corrected chi connectivity index (χ1v) is 8.20. The van der Waals surface area contributed by atoms with Crippen molar-refractivity contribution in [3.8, 4) is 11.5 Å². The van der Waals surface area contributed by atoms with E-state index in [4.69, 9.17) is 16.3 Å².